The first-order chi connectivity index (χ1) is 10.7. The van der Waals surface area contributed by atoms with Crippen molar-refractivity contribution >= 4 is 22.7 Å². The average Bonchev–Trinajstić information content (AvgIpc) is 2.54. The lowest BCUT2D eigenvalue weighted by molar-refractivity contribution is 0.627. The first kappa shape index (κ1) is 14.5. The summed E-state index contributed by atoms with van der Waals surface area (Å²) < 4.78 is 14.6. The van der Waals surface area contributed by atoms with E-state index in [1.807, 2.05) is 12.1 Å². The molecule has 0 fully saturated rings. The molecule has 0 saturated carbocycles. The second-order valence-corrected chi connectivity index (χ2v) is 5.62. The molecular weight excluding hydrogens is 299 g/mol. The van der Waals surface area contributed by atoms with Crippen LogP contribution in [0.5, 0.6) is 0 Å². The summed E-state index contributed by atoms with van der Waals surface area (Å²) in [4.78, 5) is 17.3. The van der Waals surface area contributed by atoms with Crippen LogP contribution in [-0.2, 0) is 0 Å². The SMILES string of the molecule is C=CCSc1nc2ccccc2c(=O)n1-c1ccc(F)cc1. The zero-order valence-corrected chi connectivity index (χ0v) is 12.5. The number of hydrogen-bond acceptors (Lipinski definition) is 3. The highest BCUT2D eigenvalue weighted by Crippen LogP contribution is 2.21. The van der Waals surface area contributed by atoms with E-state index < -0.39 is 0 Å². The highest BCUT2D eigenvalue weighted by Gasteiger charge is 2.12. The molecule has 0 saturated heterocycles. The molecule has 0 amide bonds. The number of nitrogens with zero attached hydrogens (tertiary/aromatic N) is 2. The largest absolute Gasteiger partial charge is 0.268 e. The van der Waals surface area contributed by atoms with Crippen LogP contribution in [-0.4, -0.2) is 15.3 Å². The minimum atomic E-state index is -0.342. The monoisotopic (exact) mass is 312 g/mol. The summed E-state index contributed by atoms with van der Waals surface area (Å²) in [6, 6.07) is 13.0. The molecule has 22 heavy (non-hydrogen) atoms. The zero-order valence-electron chi connectivity index (χ0n) is 11.7. The summed E-state index contributed by atoms with van der Waals surface area (Å²) in [5.41, 5.74) is 1.08. The van der Waals surface area contributed by atoms with Gasteiger partial charge < -0.3 is 0 Å². The van der Waals surface area contributed by atoms with Crippen molar-refractivity contribution < 1.29 is 4.39 Å². The Morgan fingerprint density at radius 3 is 2.64 bits per heavy atom. The van der Waals surface area contributed by atoms with Gasteiger partial charge in [-0.25, -0.2) is 9.37 Å². The van der Waals surface area contributed by atoms with Crippen molar-refractivity contribution in [3.05, 3.63) is 77.4 Å². The van der Waals surface area contributed by atoms with Crippen molar-refractivity contribution in [2.45, 2.75) is 5.16 Å². The van der Waals surface area contributed by atoms with Crippen molar-refractivity contribution in [2.75, 3.05) is 5.75 Å². The fourth-order valence-electron chi connectivity index (χ4n) is 2.16. The maximum atomic E-state index is 13.1. The summed E-state index contributed by atoms with van der Waals surface area (Å²) in [7, 11) is 0. The molecular formula is C17H13FN2OS. The van der Waals surface area contributed by atoms with Crippen LogP contribution in [0.4, 0.5) is 4.39 Å². The van der Waals surface area contributed by atoms with Gasteiger partial charge in [0, 0.05) is 5.75 Å². The predicted molar refractivity (Wildman–Crippen MR) is 88.2 cm³/mol. The van der Waals surface area contributed by atoms with E-state index in [9.17, 15) is 9.18 Å². The first-order valence-corrected chi connectivity index (χ1v) is 7.70. The van der Waals surface area contributed by atoms with Gasteiger partial charge in [-0.1, -0.05) is 30.0 Å². The van der Waals surface area contributed by atoms with Crippen LogP contribution in [0, 0.1) is 5.82 Å². The Bertz CT molecular complexity index is 887. The normalized spacial score (nSPS) is 10.8. The van der Waals surface area contributed by atoms with Crippen LogP contribution in [0.2, 0.25) is 0 Å². The lowest BCUT2D eigenvalue weighted by atomic mass is 10.2. The smallest absolute Gasteiger partial charge is 0.266 e. The second kappa shape index (κ2) is 6.15. The Kier molecular flexibility index (Phi) is 4.06. The van der Waals surface area contributed by atoms with E-state index in [1.54, 1.807) is 30.3 Å². The number of para-hydroxylation sites is 1. The Hall–Kier alpha value is -2.40. The lowest BCUT2D eigenvalue weighted by Crippen LogP contribution is -2.21. The molecule has 0 N–H and O–H groups in total. The maximum absolute atomic E-state index is 13.1. The molecule has 0 aliphatic heterocycles. The van der Waals surface area contributed by atoms with Gasteiger partial charge in [-0.2, -0.15) is 0 Å². The number of fused-ring (bicyclic) bond motifs is 1. The van der Waals surface area contributed by atoms with Gasteiger partial charge in [0.15, 0.2) is 5.16 Å². The molecule has 3 rings (SSSR count). The first-order valence-electron chi connectivity index (χ1n) is 6.72. The minimum absolute atomic E-state index is 0.163. The summed E-state index contributed by atoms with van der Waals surface area (Å²) >= 11 is 1.42. The fraction of sp³-hybridized carbons (Fsp3) is 0.0588. The molecule has 110 valence electrons. The number of hydrogen-bond donors (Lipinski definition) is 0. The summed E-state index contributed by atoms with van der Waals surface area (Å²) in [5, 5.41) is 1.10. The van der Waals surface area contributed by atoms with E-state index in [1.165, 1.54) is 28.5 Å². The zero-order chi connectivity index (χ0) is 15.5. The molecule has 5 heteroatoms. The Balaban J connectivity index is 2.29. The molecule has 0 atom stereocenters. The number of rotatable bonds is 4. The molecule has 2 aromatic carbocycles. The van der Waals surface area contributed by atoms with E-state index in [4.69, 9.17) is 0 Å². The van der Waals surface area contributed by atoms with E-state index in [0.29, 0.717) is 27.5 Å². The third kappa shape index (κ3) is 2.67. The summed E-state index contributed by atoms with van der Waals surface area (Å²) in [5.74, 6) is 0.289. The van der Waals surface area contributed by atoms with Crippen LogP contribution in [0.15, 0.2) is 71.1 Å². The highest BCUT2D eigenvalue weighted by atomic mass is 32.2. The molecule has 0 aliphatic carbocycles. The maximum Gasteiger partial charge on any atom is 0.266 e. The fourth-order valence-corrected chi connectivity index (χ4v) is 2.91. The van der Waals surface area contributed by atoms with Crippen LogP contribution in [0.1, 0.15) is 0 Å². The number of aromatic nitrogens is 2. The number of halogens is 1. The molecule has 0 aliphatic rings. The number of benzene rings is 2. The Labute approximate surface area is 131 Å². The highest BCUT2D eigenvalue weighted by molar-refractivity contribution is 7.99. The van der Waals surface area contributed by atoms with Gasteiger partial charge >= 0.3 is 0 Å². The van der Waals surface area contributed by atoms with Gasteiger partial charge in [0.1, 0.15) is 5.82 Å². The predicted octanol–water partition coefficient (Wildman–Crippen LogP) is 3.80. The standard InChI is InChI=1S/C17H13FN2OS/c1-2-11-22-17-19-15-6-4-3-5-14(15)16(21)20(17)13-9-7-12(18)8-10-13/h2-10H,1,11H2. The number of thioether (sulfide) groups is 1. The Morgan fingerprint density at radius 1 is 1.18 bits per heavy atom. The third-order valence-electron chi connectivity index (χ3n) is 3.16. The molecule has 3 nitrogen and oxygen atoms in total. The van der Waals surface area contributed by atoms with Crippen molar-refractivity contribution in [3.8, 4) is 5.69 Å². The van der Waals surface area contributed by atoms with Gasteiger partial charge in [0.2, 0.25) is 0 Å². The lowest BCUT2D eigenvalue weighted by Gasteiger charge is -2.12. The molecule has 0 radical (unpaired) electrons. The van der Waals surface area contributed by atoms with E-state index in [0.717, 1.165) is 0 Å². The van der Waals surface area contributed by atoms with Crippen molar-refractivity contribution in [1.29, 1.82) is 0 Å². The van der Waals surface area contributed by atoms with Crippen LogP contribution < -0.4 is 5.56 Å². The van der Waals surface area contributed by atoms with E-state index in [2.05, 4.69) is 11.6 Å². The molecule has 0 bridgehead atoms. The summed E-state index contributed by atoms with van der Waals surface area (Å²) in [6.07, 6.45) is 1.75. The Morgan fingerprint density at radius 2 is 1.91 bits per heavy atom. The summed E-state index contributed by atoms with van der Waals surface area (Å²) in [6.45, 7) is 3.69. The van der Waals surface area contributed by atoms with Crippen LogP contribution in [0.25, 0.3) is 16.6 Å². The van der Waals surface area contributed by atoms with Crippen molar-refractivity contribution in [2.24, 2.45) is 0 Å². The average molecular weight is 312 g/mol. The van der Waals surface area contributed by atoms with Crippen LogP contribution in [0.3, 0.4) is 0 Å². The van der Waals surface area contributed by atoms with Crippen molar-refractivity contribution in [3.63, 3.8) is 0 Å². The van der Waals surface area contributed by atoms with Gasteiger partial charge in [-0.05, 0) is 36.4 Å². The van der Waals surface area contributed by atoms with Crippen LogP contribution >= 0.6 is 11.8 Å². The van der Waals surface area contributed by atoms with Gasteiger partial charge in [-0.3, -0.25) is 9.36 Å². The van der Waals surface area contributed by atoms with Crippen molar-refractivity contribution in [1.82, 2.24) is 9.55 Å². The van der Waals surface area contributed by atoms with Gasteiger partial charge in [-0.15, -0.1) is 6.58 Å². The van der Waals surface area contributed by atoms with Gasteiger partial charge in [0.05, 0.1) is 16.6 Å². The molecule has 1 heterocycles. The van der Waals surface area contributed by atoms with Gasteiger partial charge in [0.25, 0.3) is 5.56 Å². The second-order valence-electron chi connectivity index (χ2n) is 4.63. The quantitative estimate of drug-likeness (QED) is 0.417. The molecule has 0 spiro atoms. The molecule has 3 aromatic rings. The minimum Gasteiger partial charge on any atom is -0.268 e. The van der Waals surface area contributed by atoms with E-state index >= 15 is 0 Å². The van der Waals surface area contributed by atoms with E-state index in [-0.39, 0.29) is 11.4 Å². The molecule has 0 unspecified atom stereocenters. The molecule has 1 aromatic heterocycles. The topological polar surface area (TPSA) is 34.9 Å². The third-order valence-corrected chi connectivity index (χ3v) is 4.09.